The topological polar surface area (TPSA) is 37.4 Å². The number of rotatable bonds is 11. The van der Waals surface area contributed by atoms with Gasteiger partial charge >= 0.3 is 0 Å². The molecule has 0 aromatic heterocycles. The monoisotopic (exact) mass is 600 g/mol. The maximum Gasteiger partial charge on any atom is 0.285 e. The van der Waals surface area contributed by atoms with Crippen molar-refractivity contribution >= 4 is 19.4 Å². The van der Waals surface area contributed by atoms with Crippen molar-refractivity contribution in [2.24, 2.45) is 0 Å². The van der Waals surface area contributed by atoms with Crippen molar-refractivity contribution in [2.75, 3.05) is 72.7 Å². The van der Waals surface area contributed by atoms with Gasteiger partial charge in [0, 0.05) is 59.5 Å². The Morgan fingerprint density at radius 3 is 2.07 bits per heavy atom. The lowest BCUT2D eigenvalue weighted by molar-refractivity contribution is -0.0639. The second kappa shape index (κ2) is 15.1. The molecule has 0 N–H and O–H groups in total. The number of methoxy groups -OCH3 is 1. The average Bonchev–Trinajstić information content (AvgIpc) is 3.02. The molecule has 2 atom stereocenters. The molecule has 2 fully saturated rings. The van der Waals surface area contributed by atoms with Crippen molar-refractivity contribution in [3.05, 3.63) is 95.6 Å². The number of hydrogen-bond acceptors (Lipinski definition) is 6. The first-order valence-corrected chi connectivity index (χ1v) is 17.3. The van der Waals surface area contributed by atoms with Crippen LogP contribution in [0.5, 0.6) is 0 Å². The summed E-state index contributed by atoms with van der Waals surface area (Å²) in [5.41, 5.74) is 4.06. The quantitative estimate of drug-likeness (QED) is 0.309. The van der Waals surface area contributed by atoms with Crippen molar-refractivity contribution in [2.45, 2.75) is 45.4 Å². The second-order valence-electron chi connectivity index (χ2n) is 13.0. The summed E-state index contributed by atoms with van der Waals surface area (Å²) in [6.45, 7) is 18.8. The van der Waals surface area contributed by atoms with E-state index in [2.05, 4.69) is 121 Å². The van der Waals surface area contributed by atoms with Crippen LogP contribution in [0, 0.1) is 6.92 Å². The summed E-state index contributed by atoms with van der Waals surface area (Å²) in [5.74, 6) is 0. The minimum Gasteiger partial charge on any atom is -0.388 e. The molecule has 3 aromatic rings. The maximum atomic E-state index is 7.36. The fraction of sp³-hybridized carbons (Fsp3) is 0.500. The van der Waals surface area contributed by atoms with Gasteiger partial charge < -0.3 is 13.9 Å². The molecule has 6 nitrogen and oxygen atoms in total. The van der Waals surface area contributed by atoms with Crippen LogP contribution in [0.4, 0.5) is 0 Å². The molecular weight excluding hydrogens is 551 g/mol. The normalized spacial score (nSPS) is 20.0. The highest BCUT2D eigenvalue weighted by molar-refractivity contribution is 6.80. The zero-order valence-corrected chi connectivity index (χ0v) is 27.8. The molecule has 1 radical (unpaired) electrons. The maximum absolute atomic E-state index is 7.36. The Morgan fingerprint density at radius 2 is 1.47 bits per heavy atom. The molecule has 2 aliphatic rings. The first-order valence-electron chi connectivity index (χ1n) is 15.9. The fourth-order valence-corrected chi connectivity index (χ4v) is 8.43. The smallest absolute Gasteiger partial charge is 0.285 e. The van der Waals surface area contributed by atoms with Gasteiger partial charge in [-0.3, -0.25) is 14.7 Å². The van der Waals surface area contributed by atoms with E-state index in [0.29, 0.717) is 6.61 Å². The Kier molecular flexibility index (Phi) is 11.2. The van der Waals surface area contributed by atoms with E-state index in [0.717, 1.165) is 59.0 Å². The Labute approximate surface area is 261 Å². The second-order valence-corrected chi connectivity index (χ2v) is 15.0. The molecule has 2 aliphatic heterocycles. The van der Waals surface area contributed by atoms with Crippen LogP contribution in [0.25, 0.3) is 0 Å². The van der Waals surface area contributed by atoms with Gasteiger partial charge in [0.2, 0.25) is 0 Å². The molecule has 7 heteroatoms. The molecule has 1 unspecified atom stereocenters. The number of benzene rings is 3. The molecule has 0 bridgehead atoms. The molecule has 2 saturated heterocycles. The molecule has 3 aromatic carbocycles. The SMILES string of the molecule is COC[C@@H]1CN(CCN2CCN(C(O[Si](c3ccccc3)c3ccccc3)c3ccc(C)c(C(C)(C)C)c3)CC2)CCO1. The van der Waals surface area contributed by atoms with Gasteiger partial charge in [0.05, 0.1) is 19.3 Å². The van der Waals surface area contributed by atoms with Gasteiger partial charge in [-0.05, 0) is 39.4 Å². The molecule has 0 saturated carbocycles. The van der Waals surface area contributed by atoms with Crippen LogP contribution in [0.1, 0.15) is 43.7 Å². The highest BCUT2D eigenvalue weighted by atomic mass is 28.3. The number of nitrogens with zero attached hydrogens (tertiary/aromatic N) is 3. The molecular formula is C36H50N3O3Si. The minimum atomic E-state index is -1.48. The number of piperazine rings is 1. The van der Waals surface area contributed by atoms with Crippen LogP contribution in [0.2, 0.25) is 0 Å². The Bertz CT molecular complexity index is 1220. The lowest BCUT2D eigenvalue weighted by Crippen LogP contribution is -2.53. The summed E-state index contributed by atoms with van der Waals surface area (Å²) in [6, 6.07) is 28.6. The van der Waals surface area contributed by atoms with E-state index in [1.54, 1.807) is 7.11 Å². The number of morpholine rings is 1. The Hall–Kier alpha value is -2.36. The summed E-state index contributed by atoms with van der Waals surface area (Å²) in [4.78, 5) is 7.72. The average molecular weight is 601 g/mol. The van der Waals surface area contributed by atoms with Crippen molar-refractivity contribution in [3.8, 4) is 0 Å². The predicted molar refractivity (Wildman–Crippen MR) is 178 cm³/mol. The summed E-state index contributed by atoms with van der Waals surface area (Å²) >= 11 is 0. The van der Waals surface area contributed by atoms with E-state index in [1.807, 2.05) is 0 Å². The van der Waals surface area contributed by atoms with Gasteiger partial charge in [0.1, 0.15) is 6.23 Å². The van der Waals surface area contributed by atoms with Gasteiger partial charge in [-0.2, -0.15) is 0 Å². The zero-order valence-electron chi connectivity index (χ0n) is 26.8. The van der Waals surface area contributed by atoms with Gasteiger partial charge in [-0.25, -0.2) is 0 Å². The lowest BCUT2D eigenvalue weighted by atomic mass is 9.83. The highest BCUT2D eigenvalue weighted by Crippen LogP contribution is 2.32. The summed E-state index contributed by atoms with van der Waals surface area (Å²) in [5, 5.41) is 2.56. The summed E-state index contributed by atoms with van der Waals surface area (Å²) in [6.07, 6.45) is 0.0819. The van der Waals surface area contributed by atoms with Crippen LogP contribution in [0.15, 0.2) is 78.9 Å². The molecule has 0 amide bonds. The van der Waals surface area contributed by atoms with Crippen molar-refractivity contribution in [1.29, 1.82) is 0 Å². The molecule has 231 valence electrons. The molecule has 0 aliphatic carbocycles. The third-order valence-corrected chi connectivity index (χ3v) is 10.9. The molecule has 2 heterocycles. The highest BCUT2D eigenvalue weighted by Gasteiger charge is 2.32. The van der Waals surface area contributed by atoms with Crippen molar-refractivity contribution < 1.29 is 13.9 Å². The van der Waals surface area contributed by atoms with Crippen molar-refractivity contribution in [3.63, 3.8) is 0 Å². The number of aryl methyl sites for hydroxylation is 1. The van der Waals surface area contributed by atoms with E-state index in [-0.39, 0.29) is 17.7 Å². The van der Waals surface area contributed by atoms with Crippen LogP contribution >= 0.6 is 0 Å². The van der Waals surface area contributed by atoms with E-state index < -0.39 is 9.04 Å². The van der Waals surface area contributed by atoms with Crippen LogP contribution < -0.4 is 10.4 Å². The zero-order chi connectivity index (χ0) is 30.2. The Balaban J connectivity index is 1.34. The third kappa shape index (κ3) is 8.63. The van der Waals surface area contributed by atoms with Gasteiger partial charge in [-0.15, -0.1) is 0 Å². The van der Waals surface area contributed by atoms with Gasteiger partial charge in [-0.1, -0.05) is 99.6 Å². The summed E-state index contributed by atoms with van der Waals surface area (Å²) in [7, 11) is 0.270. The molecule has 5 rings (SSSR count). The van der Waals surface area contributed by atoms with Crippen LogP contribution in [-0.4, -0.2) is 103 Å². The van der Waals surface area contributed by atoms with Gasteiger partial charge in [0.25, 0.3) is 9.04 Å². The van der Waals surface area contributed by atoms with E-state index in [1.165, 1.54) is 27.1 Å². The van der Waals surface area contributed by atoms with Crippen molar-refractivity contribution in [1.82, 2.24) is 14.7 Å². The lowest BCUT2D eigenvalue weighted by Gasteiger charge is -2.41. The first kappa shape index (κ1) is 32.0. The predicted octanol–water partition coefficient (Wildman–Crippen LogP) is 4.08. The van der Waals surface area contributed by atoms with Gasteiger partial charge in [0.15, 0.2) is 0 Å². The minimum absolute atomic E-state index is 0.0672. The van der Waals surface area contributed by atoms with E-state index in [4.69, 9.17) is 13.9 Å². The fourth-order valence-electron chi connectivity index (χ4n) is 6.32. The first-order chi connectivity index (χ1) is 20.8. The van der Waals surface area contributed by atoms with Crippen LogP contribution in [-0.2, 0) is 19.3 Å². The Morgan fingerprint density at radius 1 is 0.837 bits per heavy atom. The largest absolute Gasteiger partial charge is 0.388 e. The molecule has 0 spiro atoms. The van der Waals surface area contributed by atoms with E-state index >= 15 is 0 Å². The van der Waals surface area contributed by atoms with E-state index in [9.17, 15) is 0 Å². The standard InChI is InChI=1S/C36H50N3O3Si/c1-29-16-17-30(26-34(29)36(2,3)4)35(42-43(32-12-8-6-9-13-32)33-14-10-7-11-15-33)39-22-20-37(21-23-39)18-19-38-24-25-41-31(27-38)28-40-5/h6-17,26,31,35H,18-25,27-28H2,1-5H3/t31-,35?/m0/s1. The third-order valence-electron chi connectivity index (χ3n) is 8.70. The summed E-state index contributed by atoms with van der Waals surface area (Å²) < 4.78 is 18.5. The van der Waals surface area contributed by atoms with Crippen LogP contribution in [0.3, 0.4) is 0 Å². The molecule has 43 heavy (non-hydrogen) atoms. The number of ether oxygens (including phenoxy) is 2. The number of hydrogen-bond donors (Lipinski definition) is 0.